The number of thioether (sulfide) groups is 2. The van der Waals surface area contributed by atoms with Crippen LogP contribution >= 0.6 is 23.5 Å². The van der Waals surface area contributed by atoms with Gasteiger partial charge >= 0.3 is 0 Å². The van der Waals surface area contributed by atoms with Crippen molar-refractivity contribution in [2.45, 2.75) is 104 Å². The summed E-state index contributed by atoms with van der Waals surface area (Å²) in [6.07, 6.45) is 2.90. The van der Waals surface area contributed by atoms with Crippen LogP contribution in [0.1, 0.15) is 83.1 Å². The van der Waals surface area contributed by atoms with Crippen LogP contribution < -0.4 is 0 Å². The van der Waals surface area contributed by atoms with Crippen molar-refractivity contribution in [3.8, 4) is 0 Å². The molecule has 2 heterocycles. The highest BCUT2D eigenvalue weighted by Gasteiger charge is 2.41. The highest BCUT2D eigenvalue weighted by atomic mass is 32.2. The smallest absolute Gasteiger partial charge is 0.267 e. The molecule has 0 atom stereocenters. The van der Waals surface area contributed by atoms with Gasteiger partial charge in [-0.2, -0.15) is 0 Å². The third-order valence-electron chi connectivity index (χ3n) is 3.95. The van der Waals surface area contributed by atoms with E-state index in [2.05, 4.69) is 0 Å². The third-order valence-corrected chi connectivity index (χ3v) is 6.20. The summed E-state index contributed by atoms with van der Waals surface area (Å²) >= 11 is 2.89. The van der Waals surface area contributed by atoms with Gasteiger partial charge in [-0.3, -0.25) is 29.0 Å². The minimum Gasteiger partial charge on any atom is -0.269 e. The first-order valence-corrected chi connectivity index (χ1v) is 12.3. The summed E-state index contributed by atoms with van der Waals surface area (Å²) in [5, 5.41) is 0. The molecule has 2 aliphatic heterocycles. The van der Waals surface area contributed by atoms with Crippen LogP contribution in [-0.4, -0.2) is 54.0 Å². The van der Waals surface area contributed by atoms with E-state index in [1.807, 2.05) is 83.1 Å². The largest absolute Gasteiger partial charge is 0.269 e. The molecule has 0 bridgehead atoms. The van der Waals surface area contributed by atoms with Crippen molar-refractivity contribution in [1.29, 1.82) is 0 Å². The van der Waals surface area contributed by atoms with Crippen LogP contribution in [0.4, 0.5) is 0 Å². The second-order valence-electron chi connectivity index (χ2n) is 11.7. The Hall–Kier alpha value is -1.54. The topological polar surface area (TPSA) is 74.8 Å². The molecule has 0 saturated carbocycles. The Morgan fingerprint density at radius 3 is 0.938 bits per heavy atom. The van der Waals surface area contributed by atoms with E-state index in [1.165, 1.54) is 45.5 Å². The lowest BCUT2D eigenvalue weighted by atomic mass is 10.1. The van der Waals surface area contributed by atoms with E-state index in [0.29, 0.717) is 9.81 Å². The third kappa shape index (κ3) is 7.80. The summed E-state index contributed by atoms with van der Waals surface area (Å²) < 4.78 is -0.120. The molecule has 4 amide bonds. The lowest BCUT2D eigenvalue weighted by molar-refractivity contribution is -0.143. The number of amides is 4. The zero-order valence-corrected chi connectivity index (χ0v) is 23.1. The van der Waals surface area contributed by atoms with E-state index in [9.17, 15) is 19.2 Å². The number of hydrogen-bond acceptors (Lipinski definition) is 6. The molecule has 0 radical (unpaired) electrons. The van der Waals surface area contributed by atoms with Gasteiger partial charge in [-0.25, -0.2) is 0 Å². The highest BCUT2D eigenvalue weighted by molar-refractivity contribution is 8.05. The van der Waals surface area contributed by atoms with Gasteiger partial charge in [0.15, 0.2) is 0 Å². The minimum absolute atomic E-state index is 0.0599. The van der Waals surface area contributed by atoms with E-state index < -0.39 is 11.1 Å². The zero-order chi connectivity index (χ0) is 25.4. The minimum atomic E-state index is -0.454. The SMILES string of the molecule is CC(C)(C)SC1=CC(=O)N(C(C)(C)C)C1=O.CC(C)(C)SC1=CC(=O)N(C(C)(C)C)C1=O. The van der Waals surface area contributed by atoms with Crippen LogP contribution in [0, 0.1) is 0 Å². The van der Waals surface area contributed by atoms with Crippen LogP contribution in [0.5, 0.6) is 0 Å². The molecule has 2 aliphatic rings. The Kier molecular flexibility index (Phi) is 8.34. The summed E-state index contributed by atoms with van der Waals surface area (Å²) in [5.74, 6) is -0.747. The first-order chi connectivity index (χ1) is 14.0. The average Bonchev–Trinajstić information content (AvgIpc) is 2.91. The Labute approximate surface area is 201 Å². The Balaban J connectivity index is 0.000000320. The van der Waals surface area contributed by atoms with Gasteiger partial charge in [0.25, 0.3) is 23.6 Å². The molecule has 8 heteroatoms. The molecule has 0 aromatic carbocycles. The fraction of sp³-hybridized carbons (Fsp3) is 0.667. The number of hydrogen-bond donors (Lipinski definition) is 0. The van der Waals surface area contributed by atoms with Crippen LogP contribution in [0.3, 0.4) is 0 Å². The maximum atomic E-state index is 12.1. The van der Waals surface area contributed by atoms with Crippen molar-refractivity contribution in [3.05, 3.63) is 22.0 Å². The Morgan fingerprint density at radius 2 is 0.781 bits per heavy atom. The highest BCUT2D eigenvalue weighted by Crippen LogP contribution is 2.37. The fourth-order valence-electron chi connectivity index (χ4n) is 2.97. The van der Waals surface area contributed by atoms with E-state index >= 15 is 0 Å². The van der Waals surface area contributed by atoms with Gasteiger partial charge in [-0.05, 0) is 41.5 Å². The summed E-state index contributed by atoms with van der Waals surface area (Å²) in [4.78, 5) is 51.3. The van der Waals surface area contributed by atoms with Gasteiger partial charge in [0.1, 0.15) is 0 Å². The molecule has 0 unspecified atom stereocenters. The molecule has 0 N–H and O–H groups in total. The summed E-state index contributed by atoms with van der Waals surface area (Å²) in [6, 6.07) is 0. The maximum absolute atomic E-state index is 12.1. The molecular formula is C24H38N2O4S2. The van der Waals surface area contributed by atoms with E-state index in [4.69, 9.17) is 0 Å². The number of imide groups is 2. The summed E-state index contributed by atoms with van der Waals surface area (Å²) in [6.45, 7) is 23.3. The van der Waals surface area contributed by atoms with E-state index in [1.54, 1.807) is 0 Å². The predicted molar refractivity (Wildman–Crippen MR) is 134 cm³/mol. The fourth-order valence-corrected chi connectivity index (χ4v) is 4.97. The Bertz CT molecular complexity index is 788. The average molecular weight is 483 g/mol. The lowest BCUT2D eigenvalue weighted by Crippen LogP contribution is -2.45. The molecular weight excluding hydrogens is 444 g/mol. The van der Waals surface area contributed by atoms with Crippen molar-refractivity contribution in [1.82, 2.24) is 9.80 Å². The number of rotatable bonds is 2. The quantitative estimate of drug-likeness (QED) is 0.508. The maximum Gasteiger partial charge on any atom is 0.267 e. The van der Waals surface area contributed by atoms with Gasteiger partial charge in [0, 0.05) is 32.7 Å². The summed E-state index contributed by atoms with van der Waals surface area (Å²) in [5.41, 5.74) is -0.907. The van der Waals surface area contributed by atoms with Crippen molar-refractivity contribution < 1.29 is 19.2 Å². The second kappa shape index (κ2) is 9.37. The molecule has 32 heavy (non-hydrogen) atoms. The van der Waals surface area contributed by atoms with Gasteiger partial charge in [-0.15, -0.1) is 23.5 Å². The van der Waals surface area contributed by atoms with Crippen LogP contribution in [0.25, 0.3) is 0 Å². The van der Waals surface area contributed by atoms with E-state index in [-0.39, 0.29) is 33.1 Å². The molecule has 0 fully saturated rings. The number of nitrogens with zero attached hydrogens (tertiary/aromatic N) is 2. The van der Waals surface area contributed by atoms with Crippen LogP contribution in [0.15, 0.2) is 22.0 Å². The van der Waals surface area contributed by atoms with Gasteiger partial charge in [-0.1, -0.05) is 41.5 Å². The van der Waals surface area contributed by atoms with Gasteiger partial charge in [0.05, 0.1) is 9.81 Å². The predicted octanol–water partition coefficient (Wildman–Crippen LogP) is 5.14. The van der Waals surface area contributed by atoms with Crippen molar-refractivity contribution >= 4 is 47.2 Å². The Morgan fingerprint density at radius 1 is 0.531 bits per heavy atom. The molecule has 0 aromatic rings. The molecule has 2 rings (SSSR count). The molecule has 180 valence electrons. The van der Waals surface area contributed by atoms with Crippen molar-refractivity contribution in [3.63, 3.8) is 0 Å². The molecule has 0 saturated heterocycles. The molecule has 6 nitrogen and oxygen atoms in total. The molecule has 0 spiro atoms. The number of carbonyl (C=O) groups excluding carboxylic acids is 4. The van der Waals surface area contributed by atoms with Crippen LogP contribution in [-0.2, 0) is 19.2 Å². The number of carbonyl (C=O) groups is 4. The molecule has 0 aromatic heterocycles. The second-order valence-corrected chi connectivity index (χ2v) is 15.5. The zero-order valence-electron chi connectivity index (χ0n) is 21.5. The van der Waals surface area contributed by atoms with Gasteiger partial charge < -0.3 is 0 Å². The first kappa shape index (κ1) is 28.5. The normalized spacial score (nSPS) is 18.1. The monoisotopic (exact) mass is 482 g/mol. The summed E-state index contributed by atoms with van der Waals surface area (Å²) in [7, 11) is 0. The van der Waals surface area contributed by atoms with Crippen LogP contribution in [0.2, 0.25) is 0 Å². The van der Waals surface area contributed by atoms with Crippen molar-refractivity contribution in [2.75, 3.05) is 0 Å². The van der Waals surface area contributed by atoms with Crippen molar-refractivity contribution in [2.24, 2.45) is 0 Å². The van der Waals surface area contributed by atoms with E-state index in [0.717, 1.165) is 0 Å². The van der Waals surface area contributed by atoms with Gasteiger partial charge in [0.2, 0.25) is 0 Å². The first-order valence-electron chi connectivity index (χ1n) is 10.6. The lowest BCUT2D eigenvalue weighted by Gasteiger charge is -2.30. The molecule has 0 aliphatic carbocycles. The standard InChI is InChI=1S/2C12H19NO2S/c2*1-11(2,3)13-9(14)7-8(10(13)15)16-12(4,5)6/h2*7H,1-6H3.